The summed E-state index contributed by atoms with van der Waals surface area (Å²) in [6.07, 6.45) is 1.43. The van der Waals surface area contributed by atoms with Crippen LogP contribution in [-0.4, -0.2) is 40.3 Å². The highest BCUT2D eigenvalue weighted by molar-refractivity contribution is 6.10. The number of hydrogen-bond donors (Lipinski definition) is 1. The third kappa shape index (κ3) is 2.40. The smallest absolute Gasteiger partial charge is 0.357 e. The molecule has 100 valence electrons. The van der Waals surface area contributed by atoms with Gasteiger partial charge in [-0.1, -0.05) is 0 Å². The average molecular weight is 263 g/mol. The van der Waals surface area contributed by atoms with Crippen LogP contribution in [0.5, 0.6) is 0 Å². The van der Waals surface area contributed by atoms with Gasteiger partial charge in [0.1, 0.15) is 0 Å². The SMILES string of the molecule is CCOC(=O)c1ccnc2n[nH]c(C(=O)OCC)c12. The maximum Gasteiger partial charge on any atom is 0.357 e. The lowest BCUT2D eigenvalue weighted by Gasteiger charge is -2.04. The van der Waals surface area contributed by atoms with Crippen LogP contribution in [0.1, 0.15) is 34.7 Å². The fraction of sp³-hybridized carbons (Fsp3) is 0.333. The Kier molecular flexibility index (Phi) is 3.74. The highest BCUT2D eigenvalue weighted by Gasteiger charge is 2.22. The van der Waals surface area contributed by atoms with Gasteiger partial charge in [-0.3, -0.25) is 5.10 Å². The van der Waals surface area contributed by atoms with Gasteiger partial charge in [-0.05, 0) is 19.9 Å². The summed E-state index contributed by atoms with van der Waals surface area (Å²) < 4.78 is 9.84. The monoisotopic (exact) mass is 263 g/mol. The molecule has 2 aromatic rings. The summed E-state index contributed by atoms with van der Waals surface area (Å²) >= 11 is 0. The van der Waals surface area contributed by atoms with E-state index in [1.807, 2.05) is 0 Å². The minimum absolute atomic E-state index is 0.105. The number of fused-ring (bicyclic) bond motifs is 1. The van der Waals surface area contributed by atoms with E-state index in [0.29, 0.717) is 5.39 Å². The van der Waals surface area contributed by atoms with Gasteiger partial charge in [-0.25, -0.2) is 14.6 Å². The minimum Gasteiger partial charge on any atom is -0.462 e. The third-order valence-corrected chi connectivity index (χ3v) is 2.43. The average Bonchev–Trinajstić information content (AvgIpc) is 2.83. The number of pyridine rings is 1. The van der Waals surface area contributed by atoms with Crippen LogP contribution in [0, 0.1) is 0 Å². The molecule has 0 aliphatic rings. The van der Waals surface area contributed by atoms with Crippen molar-refractivity contribution in [1.29, 1.82) is 0 Å². The Morgan fingerprint density at radius 3 is 2.58 bits per heavy atom. The van der Waals surface area contributed by atoms with Crippen molar-refractivity contribution in [3.05, 3.63) is 23.5 Å². The van der Waals surface area contributed by atoms with Crippen molar-refractivity contribution in [2.24, 2.45) is 0 Å². The van der Waals surface area contributed by atoms with E-state index in [0.717, 1.165) is 0 Å². The second-order valence-corrected chi connectivity index (χ2v) is 3.60. The van der Waals surface area contributed by atoms with Crippen molar-refractivity contribution in [1.82, 2.24) is 15.2 Å². The van der Waals surface area contributed by atoms with E-state index in [2.05, 4.69) is 15.2 Å². The van der Waals surface area contributed by atoms with Crippen molar-refractivity contribution in [3.8, 4) is 0 Å². The molecule has 0 aliphatic carbocycles. The zero-order chi connectivity index (χ0) is 13.8. The number of rotatable bonds is 4. The number of H-pyrrole nitrogens is 1. The molecule has 19 heavy (non-hydrogen) atoms. The molecular formula is C12H13N3O4. The summed E-state index contributed by atoms with van der Waals surface area (Å²) in [5, 5.41) is 6.74. The first-order valence-corrected chi connectivity index (χ1v) is 5.86. The highest BCUT2D eigenvalue weighted by Crippen LogP contribution is 2.20. The van der Waals surface area contributed by atoms with Crippen molar-refractivity contribution in [3.63, 3.8) is 0 Å². The number of esters is 2. The van der Waals surface area contributed by atoms with E-state index in [1.165, 1.54) is 12.3 Å². The molecule has 0 aromatic carbocycles. The summed E-state index contributed by atoms with van der Waals surface area (Å²) in [6.45, 7) is 3.88. The molecule has 7 heteroatoms. The van der Waals surface area contributed by atoms with Gasteiger partial charge >= 0.3 is 11.9 Å². The van der Waals surface area contributed by atoms with E-state index in [9.17, 15) is 9.59 Å². The summed E-state index contributed by atoms with van der Waals surface area (Å²) in [5.74, 6) is -1.11. The number of nitrogens with one attached hydrogen (secondary N) is 1. The van der Waals surface area contributed by atoms with Gasteiger partial charge in [0.2, 0.25) is 0 Å². The molecule has 0 aliphatic heterocycles. The summed E-state index contributed by atoms with van der Waals surface area (Å²) in [5.41, 5.74) is 0.616. The fourth-order valence-electron chi connectivity index (χ4n) is 1.68. The predicted molar refractivity (Wildman–Crippen MR) is 65.8 cm³/mol. The van der Waals surface area contributed by atoms with Crippen molar-refractivity contribution in [2.75, 3.05) is 13.2 Å². The Bertz CT molecular complexity index is 620. The number of ether oxygens (including phenoxy) is 2. The lowest BCUT2D eigenvalue weighted by Crippen LogP contribution is -2.09. The normalized spacial score (nSPS) is 10.4. The van der Waals surface area contributed by atoms with Crippen LogP contribution in [0.4, 0.5) is 0 Å². The molecular weight excluding hydrogens is 250 g/mol. The molecule has 0 unspecified atom stereocenters. The van der Waals surface area contributed by atoms with Crippen LogP contribution in [-0.2, 0) is 9.47 Å². The van der Waals surface area contributed by atoms with Gasteiger partial charge in [0.15, 0.2) is 11.3 Å². The molecule has 0 saturated carbocycles. The molecule has 0 amide bonds. The van der Waals surface area contributed by atoms with Gasteiger partial charge in [0.25, 0.3) is 0 Å². The Morgan fingerprint density at radius 2 is 1.89 bits per heavy atom. The molecule has 0 fully saturated rings. The Hall–Kier alpha value is -2.44. The maximum atomic E-state index is 11.8. The first kappa shape index (κ1) is 13.0. The second-order valence-electron chi connectivity index (χ2n) is 3.60. The van der Waals surface area contributed by atoms with Crippen molar-refractivity contribution < 1.29 is 19.1 Å². The molecule has 1 N–H and O–H groups in total. The van der Waals surface area contributed by atoms with Gasteiger partial charge in [-0.2, -0.15) is 5.10 Å². The molecule has 2 heterocycles. The number of nitrogens with zero attached hydrogens (tertiary/aromatic N) is 2. The standard InChI is InChI=1S/C12H13N3O4/c1-3-18-11(16)7-5-6-13-10-8(7)9(14-15-10)12(17)19-4-2/h5-6H,3-4H2,1-2H3,(H,13,14,15). The molecule has 0 saturated heterocycles. The predicted octanol–water partition coefficient (Wildman–Crippen LogP) is 1.31. The molecule has 0 spiro atoms. The minimum atomic E-state index is -0.580. The van der Waals surface area contributed by atoms with Gasteiger partial charge in [0.05, 0.1) is 24.2 Å². The summed E-state index contributed by atoms with van der Waals surface area (Å²) in [7, 11) is 0. The quantitative estimate of drug-likeness (QED) is 0.836. The number of carbonyl (C=O) groups is 2. The molecule has 0 radical (unpaired) electrons. The zero-order valence-electron chi connectivity index (χ0n) is 10.6. The van der Waals surface area contributed by atoms with E-state index >= 15 is 0 Å². The zero-order valence-corrected chi connectivity index (χ0v) is 10.6. The van der Waals surface area contributed by atoms with Crippen LogP contribution in [0.2, 0.25) is 0 Å². The molecule has 2 aromatic heterocycles. The molecule has 0 bridgehead atoms. The Morgan fingerprint density at radius 1 is 1.21 bits per heavy atom. The lowest BCUT2D eigenvalue weighted by atomic mass is 10.1. The van der Waals surface area contributed by atoms with Crippen LogP contribution in [0.3, 0.4) is 0 Å². The summed E-state index contributed by atoms with van der Waals surface area (Å²) in [4.78, 5) is 27.6. The Labute approximate surface area is 108 Å². The maximum absolute atomic E-state index is 11.8. The first-order chi connectivity index (χ1) is 9.19. The van der Waals surface area contributed by atoms with E-state index in [4.69, 9.17) is 9.47 Å². The number of carbonyl (C=O) groups excluding carboxylic acids is 2. The second kappa shape index (κ2) is 5.47. The summed E-state index contributed by atoms with van der Waals surface area (Å²) in [6, 6.07) is 1.48. The Balaban J connectivity index is 2.55. The number of hydrogen-bond acceptors (Lipinski definition) is 6. The van der Waals surface area contributed by atoms with Crippen LogP contribution < -0.4 is 0 Å². The van der Waals surface area contributed by atoms with Crippen molar-refractivity contribution >= 4 is 23.0 Å². The van der Waals surface area contributed by atoms with Crippen LogP contribution in [0.25, 0.3) is 11.0 Å². The third-order valence-electron chi connectivity index (χ3n) is 2.43. The lowest BCUT2D eigenvalue weighted by molar-refractivity contribution is 0.0521. The topological polar surface area (TPSA) is 94.2 Å². The molecule has 2 rings (SSSR count). The largest absolute Gasteiger partial charge is 0.462 e. The number of aromatic amines is 1. The van der Waals surface area contributed by atoms with E-state index in [-0.39, 0.29) is 30.1 Å². The fourth-order valence-corrected chi connectivity index (χ4v) is 1.68. The van der Waals surface area contributed by atoms with E-state index < -0.39 is 11.9 Å². The van der Waals surface area contributed by atoms with Crippen LogP contribution >= 0.6 is 0 Å². The van der Waals surface area contributed by atoms with Crippen molar-refractivity contribution in [2.45, 2.75) is 13.8 Å². The van der Waals surface area contributed by atoms with Crippen LogP contribution in [0.15, 0.2) is 12.3 Å². The number of aromatic nitrogens is 3. The van der Waals surface area contributed by atoms with Gasteiger partial charge in [0, 0.05) is 6.20 Å². The highest BCUT2D eigenvalue weighted by atomic mass is 16.5. The molecule has 0 atom stereocenters. The van der Waals surface area contributed by atoms with Gasteiger partial charge in [-0.15, -0.1) is 0 Å². The van der Waals surface area contributed by atoms with E-state index in [1.54, 1.807) is 13.8 Å². The first-order valence-electron chi connectivity index (χ1n) is 5.86. The molecule has 7 nitrogen and oxygen atoms in total. The van der Waals surface area contributed by atoms with Gasteiger partial charge < -0.3 is 9.47 Å².